The van der Waals surface area contributed by atoms with Crippen LogP contribution in [0.15, 0.2) is 46.8 Å². The highest BCUT2D eigenvalue weighted by atomic mass is 32.2. The van der Waals surface area contributed by atoms with Crippen molar-refractivity contribution in [3.05, 3.63) is 58.2 Å². The Bertz CT molecular complexity index is 1140. The van der Waals surface area contributed by atoms with E-state index in [1.165, 1.54) is 35.7 Å². The minimum atomic E-state index is -3.84. The lowest BCUT2D eigenvalue weighted by Crippen LogP contribution is -2.13. The first-order chi connectivity index (χ1) is 13.6. The van der Waals surface area contributed by atoms with Crippen molar-refractivity contribution in [2.24, 2.45) is 5.14 Å². The Hall–Kier alpha value is -2.82. The van der Waals surface area contributed by atoms with Gasteiger partial charge < -0.3 is 9.84 Å². The quantitative estimate of drug-likeness (QED) is 0.585. The lowest BCUT2D eigenvalue weighted by molar-refractivity contribution is 0.0690. The van der Waals surface area contributed by atoms with Gasteiger partial charge in [0, 0.05) is 29.1 Å². The first kappa shape index (κ1) is 20.9. The van der Waals surface area contributed by atoms with Crippen molar-refractivity contribution in [2.75, 3.05) is 0 Å². The molecule has 3 aromatic rings. The summed E-state index contributed by atoms with van der Waals surface area (Å²) in [6.07, 6.45) is 1.73. The number of aromatic nitrogens is 2. The lowest BCUT2D eigenvalue weighted by Gasteiger charge is -2.14. The van der Waals surface area contributed by atoms with Crippen LogP contribution in [0, 0.1) is 0 Å². The molecule has 10 heteroatoms. The molecular formula is C19H19N3O5S2. The van der Waals surface area contributed by atoms with Crippen molar-refractivity contribution in [1.82, 2.24) is 9.97 Å². The Morgan fingerprint density at radius 1 is 1.28 bits per heavy atom. The molecule has 3 rings (SSSR count). The molecule has 0 radical (unpaired) electrons. The number of rotatable bonds is 7. The minimum absolute atomic E-state index is 0.00819. The molecule has 0 aliphatic rings. The van der Waals surface area contributed by atoms with Gasteiger partial charge >= 0.3 is 5.97 Å². The Morgan fingerprint density at radius 2 is 2.03 bits per heavy atom. The monoisotopic (exact) mass is 433 g/mol. The Labute approximate surface area is 172 Å². The Balaban J connectivity index is 1.90. The number of carbonyl (C=O) groups is 1. The molecule has 0 saturated heterocycles. The molecule has 0 unspecified atom stereocenters. The first-order valence-electron chi connectivity index (χ1n) is 8.60. The number of thiazole rings is 1. The second-order valence-corrected chi connectivity index (χ2v) is 9.03. The average Bonchev–Trinajstić information content (AvgIpc) is 3.10. The smallest absolute Gasteiger partial charge is 0.354 e. The van der Waals surface area contributed by atoms with Crippen LogP contribution in [0.2, 0.25) is 0 Å². The van der Waals surface area contributed by atoms with E-state index >= 15 is 0 Å². The number of pyridine rings is 1. The van der Waals surface area contributed by atoms with E-state index in [0.717, 1.165) is 5.01 Å². The number of hydrogen-bond acceptors (Lipinski definition) is 7. The lowest BCUT2D eigenvalue weighted by atomic mass is 10.1. The van der Waals surface area contributed by atoms with Gasteiger partial charge in [0.05, 0.1) is 21.7 Å². The largest absolute Gasteiger partial charge is 0.491 e. The number of carboxylic acids is 1. The molecule has 152 valence electrons. The third-order valence-corrected chi connectivity index (χ3v) is 5.65. The highest BCUT2D eigenvalue weighted by Gasteiger charge is 2.16. The number of hydrogen-bond donors (Lipinski definition) is 2. The van der Waals surface area contributed by atoms with E-state index in [0.29, 0.717) is 29.0 Å². The van der Waals surface area contributed by atoms with E-state index in [-0.39, 0.29) is 16.7 Å². The van der Waals surface area contributed by atoms with Crippen LogP contribution in [-0.2, 0) is 16.4 Å². The normalized spacial score (nSPS) is 11.6. The van der Waals surface area contributed by atoms with Crippen molar-refractivity contribution in [2.45, 2.75) is 31.3 Å². The maximum Gasteiger partial charge on any atom is 0.354 e. The molecule has 0 amide bonds. The molecule has 2 aromatic heterocycles. The highest BCUT2D eigenvalue weighted by molar-refractivity contribution is 7.89. The molecule has 3 N–H and O–H groups in total. The van der Waals surface area contributed by atoms with Crippen molar-refractivity contribution in [3.8, 4) is 17.0 Å². The maximum atomic E-state index is 11.7. The molecule has 0 aliphatic carbocycles. The third kappa shape index (κ3) is 5.17. The fraction of sp³-hybridized carbons (Fsp3) is 0.211. The number of nitrogens with zero attached hydrogens (tertiary/aromatic N) is 2. The number of carboxylic acid groups (broad SMARTS) is 1. The first-order valence-corrected chi connectivity index (χ1v) is 11.0. The maximum absolute atomic E-state index is 11.7. The average molecular weight is 434 g/mol. The summed E-state index contributed by atoms with van der Waals surface area (Å²) in [7, 11) is -3.84. The van der Waals surface area contributed by atoms with Gasteiger partial charge in [0.1, 0.15) is 11.4 Å². The van der Waals surface area contributed by atoms with Gasteiger partial charge in [0.15, 0.2) is 0 Å². The number of aromatic carboxylic acids is 1. The minimum Gasteiger partial charge on any atom is -0.491 e. The van der Waals surface area contributed by atoms with E-state index < -0.39 is 16.0 Å². The summed E-state index contributed by atoms with van der Waals surface area (Å²) < 4.78 is 29.2. The van der Waals surface area contributed by atoms with Crippen LogP contribution in [0.1, 0.15) is 34.9 Å². The zero-order chi connectivity index (χ0) is 21.2. The van der Waals surface area contributed by atoms with Crippen molar-refractivity contribution >= 4 is 27.3 Å². The number of ether oxygens (including phenoxy) is 1. The van der Waals surface area contributed by atoms with Crippen LogP contribution in [0.5, 0.6) is 5.75 Å². The third-order valence-electron chi connectivity index (χ3n) is 3.89. The predicted octanol–water partition coefficient (Wildman–Crippen LogP) is 2.93. The molecule has 0 spiro atoms. The second kappa shape index (κ2) is 8.27. The molecule has 0 aliphatic heterocycles. The fourth-order valence-corrected chi connectivity index (χ4v) is 3.99. The Kier molecular flexibility index (Phi) is 5.96. The summed E-state index contributed by atoms with van der Waals surface area (Å²) >= 11 is 1.40. The van der Waals surface area contributed by atoms with Crippen LogP contribution < -0.4 is 9.88 Å². The SMILES string of the molecule is CC(C)Oc1ccc(S(N)(=O)=O)cc1Cc1nc(-c2ccc(C(=O)O)nc2)cs1. The molecule has 0 fully saturated rings. The fourth-order valence-electron chi connectivity index (χ4n) is 2.60. The zero-order valence-electron chi connectivity index (χ0n) is 15.7. The summed E-state index contributed by atoms with van der Waals surface area (Å²) in [6, 6.07) is 7.57. The van der Waals surface area contributed by atoms with E-state index in [1.807, 2.05) is 19.2 Å². The van der Waals surface area contributed by atoms with Crippen molar-refractivity contribution in [3.63, 3.8) is 0 Å². The molecule has 2 heterocycles. The summed E-state index contributed by atoms with van der Waals surface area (Å²) in [5.41, 5.74) is 1.96. The van der Waals surface area contributed by atoms with Crippen LogP contribution in [-0.4, -0.2) is 35.6 Å². The van der Waals surface area contributed by atoms with Crippen LogP contribution in [0.25, 0.3) is 11.3 Å². The van der Waals surface area contributed by atoms with E-state index in [1.54, 1.807) is 12.1 Å². The van der Waals surface area contributed by atoms with Gasteiger partial charge in [-0.1, -0.05) is 0 Å². The summed E-state index contributed by atoms with van der Waals surface area (Å²) in [5, 5.41) is 16.8. The molecule has 0 atom stereocenters. The van der Waals surface area contributed by atoms with E-state index in [9.17, 15) is 13.2 Å². The topological polar surface area (TPSA) is 132 Å². The van der Waals surface area contributed by atoms with Crippen molar-refractivity contribution in [1.29, 1.82) is 0 Å². The van der Waals surface area contributed by atoms with Gasteiger partial charge in [-0.25, -0.2) is 28.3 Å². The zero-order valence-corrected chi connectivity index (χ0v) is 17.3. The standard InChI is InChI=1S/C19H19N3O5S2/c1-11(2)27-17-6-4-14(29(20,25)26)7-13(17)8-18-22-16(10-28-18)12-3-5-15(19(23)24)21-9-12/h3-7,9-11H,8H2,1-2H3,(H,23,24)(H2,20,25,26). The Morgan fingerprint density at radius 3 is 2.62 bits per heavy atom. The molecular weight excluding hydrogens is 414 g/mol. The van der Waals surface area contributed by atoms with Gasteiger partial charge in [-0.05, 0) is 44.2 Å². The summed E-state index contributed by atoms with van der Waals surface area (Å²) in [5.74, 6) is -0.528. The van der Waals surface area contributed by atoms with Gasteiger partial charge in [0.2, 0.25) is 10.0 Å². The van der Waals surface area contributed by atoms with Gasteiger partial charge in [-0.2, -0.15) is 0 Å². The number of primary sulfonamides is 1. The highest BCUT2D eigenvalue weighted by Crippen LogP contribution is 2.29. The van der Waals surface area contributed by atoms with E-state index in [4.69, 9.17) is 15.0 Å². The predicted molar refractivity (Wildman–Crippen MR) is 109 cm³/mol. The molecule has 29 heavy (non-hydrogen) atoms. The number of benzene rings is 1. The van der Waals surface area contributed by atoms with Crippen LogP contribution in [0.4, 0.5) is 0 Å². The molecule has 0 saturated carbocycles. The number of nitrogens with two attached hydrogens (primary N) is 1. The van der Waals surface area contributed by atoms with Gasteiger partial charge in [0.25, 0.3) is 0 Å². The van der Waals surface area contributed by atoms with Crippen LogP contribution >= 0.6 is 11.3 Å². The van der Waals surface area contributed by atoms with Crippen molar-refractivity contribution < 1.29 is 23.1 Å². The van der Waals surface area contributed by atoms with Gasteiger partial charge in [-0.3, -0.25) is 0 Å². The molecule has 1 aromatic carbocycles. The van der Waals surface area contributed by atoms with Gasteiger partial charge in [-0.15, -0.1) is 11.3 Å². The second-order valence-electron chi connectivity index (χ2n) is 6.52. The van der Waals surface area contributed by atoms with E-state index in [2.05, 4.69) is 9.97 Å². The molecule has 8 nitrogen and oxygen atoms in total. The summed E-state index contributed by atoms with van der Waals surface area (Å²) in [6.45, 7) is 3.76. The number of sulfonamides is 1. The molecule has 0 bridgehead atoms. The summed E-state index contributed by atoms with van der Waals surface area (Å²) in [4.78, 5) is 19.4. The van der Waals surface area contributed by atoms with Crippen LogP contribution in [0.3, 0.4) is 0 Å².